The Morgan fingerprint density at radius 2 is 0.583 bits per heavy atom. The van der Waals surface area contributed by atoms with Crippen LogP contribution < -0.4 is 0 Å². The van der Waals surface area contributed by atoms with Gasteiger partial charge < -0.3 is 0 Å². The largest absolute Gasteiger partial charge is 0.318 e. The van der Waals surface area contributed by atoms with Crippen molar-refractivity contribution in [1.29, 1.82) is 0 Å². The molecule has 0 aliphatic heterocycles. The molecule has 0 aromatic rings. The molecule has 0 saturated heterocycles. The highest BCUT2D eigenvalue weighted by atomic mass is 29.3. The summed E-state index contributed by atoms with van der Waals surface area (Å²) in [5.74, 6) is 29.3. The van der Waals surface area contributed by atoms with Crippen molar-refractivity contribution in [2.24, 2.45) is 0 Å². The average molecular weight is 523 g/mol. The predicted octanol–water partition coefficient (Wildman–Crippen LogP) is 2.87. The van der Waals surface area contributed by atoms with Crippen LogP contribution in [0.4, 0.5) is 0 Å². The fourth-order valence-electron chi connectivity index (χ4n) is 3.34. The highest BCUT2D eigenvalue weighted by Crippen LogP contribution is 2.20. The summed E-state index contributed by atoms with van der Waals surface area (Å²) in [6, 6.07) is 0. The first-order valence-electron chi connectivity index (χ1n) is 10.8. The van der Waals surface area contributed by atoms with Gasteiger partial charge in [0.05, 0.1) is 0 Å². The average Bonchev–Trinajstić information content (AvgIpc) is 2.85. The van der Waals surface area contributed by atoms with Crippen LogP contribution in [0, 0.1) is 139 Å². The van der Waals surface area contributed by atoms with E-state index in [0.717, 1.165) is 0 Å². The zero-order valence-corrected chi connectivity index (χ0v) is 26.2. The molecule has 0 spiro atoms. The SMILES string of the molecule is C#CC#C[Si](C#CC)(C#C[Si](C#C)(C#CC)[Si](C#CC)(C#CC)C#CC)[Si](C#CC)(C#CC)C#CC. The second-order valence-corrected chi connectivity index (χ2v) is 24.8. The zero-order valence-electron chi connectivity index (χ0n) is 22.2. The molecule has 0 heterocycles. The first kappa shape index (κ1) is 31.6. The van der Waals surface area contributed by atoms with Crippen molar-refractivity contribution >= 4 is 30.4 Å². The lowest BCUT2D eigenvalue weighted by atomic mass is 10.7. The monoisotopic (exact) mass is 522 g/mol. The highest BCUT2D eigenvalue weighted by molar-refractivity contribution is 7.61. The third-order valence-corrected chi connectivity index (χ3v) is 25.3. The van der Waals surface area contributed by atoms with Crippen LogP contribution in [0.3, 0.4) is 0 Å². The molecule has 0 saturated carbocycles. The first-order valence-corrected chi connectivity index (χ1v) is 20.8. The topological polar surface area (TPSA) is 0 Å². The van der Waals surface area contributed by atoms with Gasteiger partial charge in [-0.1, -0.05) is 5.54 Å². The minimum Gasteiger partial charge on any atom is -0.125 e. The van der Waals surface area contributed by atoms with Gasteiger partial charge in [-0.25, -0.2) is 0 Å². The van der Waals surface area contributed by atoms with E-state index in [1.165, 1.54) is 0 Å². The van der Waals surface area contributed by atoms with Gasteiger partial charge in [0, 0.05) is 0 Å². The van der Waals surface area contributed by atoms with Crippen LogP contribution in [0.15, 0.2) is 0 Å². The van der Waals surface area contributed by atoms with Crippen molar-refractivity contribution in [3.63, 3.8) is 0 Å². The van der Waals surface area contributed by atoms with Gasteiger partial charge in [-0.3, -0.25) is 0 Å². The molecular formula is C32H26Si4. The van der Waals surface area contributed by atoms with Gasteiger partial charge >= 0.3 is 30.4 Å². The predicted molar refractivity (Wildman–Crippen MR) is 164 cm³/mol. The van der Waals surface area contributed by atoms with Crippen LogP contribution in [0.1, 0.15) is 55.4 Å². The summed E-state index contributed by atoms with van der Waals surface area (Å²) in [5.41, 5.74) is 39.6. The third kappa shape index (κ3) is 6.59. The van der Waals surface area contributed by atoms with E-state index in [9.17, 15) is 0 Å². The Balaban J connectivity index is 8.49. The van der Waals surface area contributed by atoms with Crippen molar-refractivity contribution < 1.29 is 0 Å². The second-order valence-electron chi connectivity index (χ2n) is 6.79. The Labute approximate surface area is 223 Å². The van der Waals surface area contributed by atoms with Gasteiger partial charge in [0.2, 0.25) is 0 Å². The fraction of sp³-hybridized carbons (Fsp3) is 0.250. The molecule has 0 aliphatic carbocycles. The minimum atomic E-state index is -3.32. The van der Waals surface area contributed by atoms with E-state index >= 15 is 0 Å². The highest BCUT2D eigenvalue weighted by Gasteiger charge is 2.57. The Morgan fingerprint density at radius 3 is 0.861 bits per heavy atom. The normalized spacial score (nSPS) is 11.2. The lowest BCUT2D eigenvalue weighted by molar-refractivity contribution is 1.90. The summed E-state index contributed by atoms with van der Waals surface area (Å²) in [5, 5.41) is 0. The molecule has 0 radical (unpaired) electrons. The quantitative estimate of drug-likeness (QED) is 0.387. The van der Waals surface area contributed by atoms with Crippen LogP contribution in [-0.2, 0) is 0 Å². The Kier molecular flexibility index (Phi) is 13.6. The molecule has 0 aromatic carbocycles. The molecule has 4 heteroatoms. The zero-order chi connectivity index (χ0) is 27.6. The van der Waals surface area contributed by atoms with Gasteiger partial charge in [0.25, 0.3) is 0 Å². The maximum Gasteiger partial charge on any atom is 0.318 e. The van der Waals surface area contributed by atoms with Gasteiger partial charge in [-0.05, 0) is 67.2 Å². The summed E-state index contributed by atoms with van der Waals surface area (Å²) in [6.45, 7) is 14.0. The number of hydrogen-bond donors (Lipinski definition) is 0. The van der Waals surface area contributed by atoms with Crippen LogP contribution in [0.5, 0.6) is 0 Å². The van der Waals surface area contributed by atoms with Crippen LogP contribution in [0.25, 0.3) is 0 Å². The summed E-state index contributed by atoms with van der Waals surface area (Å²) in [4.78, 5) is 0. The van der Waals surface area contributed by atoms with Crippen molar-refractivity contribution in [2.45, 2.75) is 55.4 Å². The van der Waals surface area contributed by atoms with Crippen molar-refractivity contribution in [3.8, 4) is 139 Å². The molecule has 0 aromatic heterocycles. The lowest BCUT2D eigenvalue weighted by Gasteiger charge is -2.26. The summed E-state index contributed by atoms with van der Waals surface area (Å²) < 4.78 is 0. The fourth-order valence-corrected chi connectivity index (χ4v) is 22.3. The van der Waals surface area contributed by atoms with Crippen molar-refractivity contribution in [2.75, 3.05) is 0 Å². The Hall–Kier alpha value is -4.41. The minimum absolute atomic E-state index is 1.74. The van der Waals surface area contributed by atoms with E-state index in [4.69, 9.17) is 12.8 Å². The van der Waals surface area contributed by atoms with E-state index in [0.29, 0.717) is 0 Å². The molecular weight excluding hydrogens is 497 g/mol. The van der Waals surface area contributed by atoms with Gasteiger partial charge in [0.15, 0.2) is 0 Å². The summed E-state index contributed by atoms with van der Waals surface area (Å²) >= 11 is 0. The van der Waals surface area contributed by atoms with E-state index in [1.807, 2.05) is 0 Å². The summed E-state index contributed by atoms with van der Waals surface area (Å²) in [7, 11) is -12.8. The molecule has 36 heavy (non-hydrogen) atoms. The molecule has 0 N–H and O–H groups in total. The number of rotatable bonds is 2. The van der Waals surface area contributed by atoms with Gasteiger partial charge in [-0.15, -0.1) is 121 Å². The lowest BCUT2D eigenvalue weighted by Crippen LogP contribution is -2.63. The molecule has 0 aliphatic rings. The molecule has 0 nitrogen and oxygen atoms in total. The van der Waals surface area contributed by atoms with E-state index in [2.05, 4.69) is 126 Å². The maximum absolute atomic E-state index is 6.24. The molecule has 0 amide bonds. The molecule has 0 rings (SSSR count). The van der Waals surface area contributed by atoms with E-state index in [-0.39, 0.29) is 0 Å². The van der Waals surface area contributed by atoms with Crippen molar-refractivity contribution in [1.82, 2.24) is 0 Å². The smallest absolute Gasteiger partial charge is 0.125 e. The second kappa shape index (κ2) is 15.5. The molecule has 0 bridgehead atoms. The first-order chi connectivity index (χ1) is 17.3. The number of hydrogen-bond acceptors (Lipinski definition) is 0. The molecule has 0 fully saturated rings. The van der Waals surface area contributed by atoms with Crippen LogP contribution >= 0.6 is 0 Å². The number of terminal acetylenes is 2. The molecule has 170 valence electrons. The third-order valence-electron chi connectivity index (χ3n) is 4.60. The van der Waals surface area contributed by atoms with E-state index in [1.54, 1.807) is 55.4 Å². The Morgan fingerprint density at radius 1 is 0.333 bits per heavy atom. The molecule has 2 unspecified atom stereocenters. The van der Waals surface area contributed by atoms with Gasteiger partial charge in [-0.2, -0.15) is 0 Å². The van der Waals surface area contributed by atoms with Crippen molar-refractivity contribution in [3.05, 3.63) is 0 Å². The van der Waals surface area contributed by atoms with E-state index < -0.39 is 30.4 Å². The standard InChI is InChI=1S/C32H26Si4/c1-11-21-30-36(29-19-9,35(26-16-6,27-17-7)28-18-8)32-31-33(20-10,22-12-2)34(23-13-3,24-14-4)25-15-5/h1,10H,2-9H3. The summed E-state index contributed by atoms with van der Waals surface area (Å²) in [6.07, 6.45) is 11.8. The molecule has 2 atom stereocenters. The van der Waals surface area contributed by atoms with Gasteiger partial charge in [0.1, 0.15) is 0 Å². The van der Waals surface area contributed by atoms with Crippen LogP contribution in [0.2, 0.25) is 0 Å². The van der Waals surface area contributed by atoms with Crippen LogP contribution in [-0.4, -0.2) is 30.4 Å². The maximum atomic E-state index is 6.24. The Bertz CT molecular complexity index is 1510.